The van der Waals surface area contributed by atoms with E-state index >= 15 is 0 Å². The van der Waals surface area contributed by atoms with Crippen molar-refractivity contribution in [2.24, 2.45) is 0 Å². The fraction of sp³-hybridized carbons (Fsp3) is 0.320. The summed E-state index contributed by atoms with van der Waals surface area (Å²) in [5.41, 5.74) is 6.85. The molecule has 4 rings (SSSR count). The summed E-state index contributed by atoms with van der Waals surface area (Å²) in [4.78, 5) is 36.3. The normalized spacial score (nSPS) is 12.4. The van der Waals surface area contributed by atoms with Crippen LogP contribution in [0, 0.1) is 13.8 Å². The molecule has 0 saturated heterocycles. The second-order valence-corrected chi connectivity index (χ2v) is 8.14. The van der Waals surface area contributed by atoms with E-state index in [0.717, 1.165) is 46.9 Å². The van der Waals surface area contributed by atoms with Crippen LogP contribution in [-0.4, -0.2) is 30.9 Å². The standard InChI is InChI=1S/C25H26N2O5/c1-15-5-3-8-21(16(15)2)27-23(28)12-26-24(29)14-32-25(30)11-19-13-31-22-10-18-7-4-6-17(18)9-20(19)22/h3,5,8-10,13H,4,6-7,11-12,14H2,1-2H3,(H,26,29)(H,27,28). The summed E-state index contributed by atoms with van der Waals surface area (Å²) in [7, 11) is 0. The second-order valence-electron chi connectivity index (χ2n) is 8.14. The van der Waals surface area contributed by atoms with Crippen molar-refractivity contribution < 1.29 is 23.5 Å². The van der Waals surface area contributed by atoms with Gasteiger partial charge in [-0.05, 0) is 73.6 Å². The molecule has 0 bridgehead atoms. The predicted octanol–water partition coefficient (Wildman–Crippen LogP) is 3.38. The highest BCUT2D eigenvalue weighted by Crippen LogP contribution is 2.30. The minimum Gasteiger partial charge on any atom is -0.464 e. The first kappa shape index (κ1) is 21.6. The third-order valence-electron chi connectivity index (χ3n) is 5.89. The van der Waals surface area contributed by atoms with Gasteiger partial charge in [0, 0.05) is 16.6 Å². The topological polar surface area (TPSA) is 97.6 Å². The highest BCUT2D eigenvalue weighted by Gasteiger charge is 2.18. The number of hydrogen-bond donors (Lipinski definition) is 2. The van der Waals surface area contributed by atoms with E-state index in [1.165, 1.54) is 11.1 Å². The van der Waals surface area contributed by atoms with Crippen molar-refractivity contribution in [3.63, 3.8) is 0 Å². The Kier molecular flexibility index (Phi) is 6.25. The minimum absolute atomic E-state index is 0.0200. The molecule has 3 aromatic rings. The highest BCUT2D eigenvalue weighted by atomic mass is 16.5. The number of rotatable bonds is 7. The summed E-state index contributed by atoms with van der Waals surface area (Å²) < 4.78 is 10.7. The van der Waals surface area contributed by atoms with Crippen LogP contribution in [0.2, 0.25) is 0 Å². The van der Waals surface area contributed by atoms with Gasteiger partial charge in [0.2, 0.25) is 5.91 Å². The van der Waals surface area contributed by atoms with Crippen LogP contribution in [0.4, 0.5) is 5.69 Å². The van der Waals surface area contributed by atoms with Gasteiger partial charge >= 0.3 is 5.97 Å². The number of nitrogens with one attached hydrogen (secondary N) is 2. The average Bonchev–Trinajstić information content (AvgIpc) is 3.39. The largest absolute Gasteiger partial charge is 0.464 e. The summed E-state index contributed by atoms with van der Waals surface area (Å²) in [6, 6.07) is 9.75. The fourth-order valence-corrected chi connectivity index (χ4v) is 3.95. The van der Waals surface area contributed by atoms with Gasteiger partial charge in [0.05, 0.1) is 19.2 Å². The SMILES string of the molecule is Cc1cccc(NC(=O)CNC(=O)COC(=O)Cc2coc3cc4c(cc23)CCC4)c1C. The Morgan fingerprint density at radius 2 is 1.84 bits per heavy atom. The molecule has 0 saturated carbocycles. The van der Waals surface area contributed by atoms with E-state index in [-0.39, 0.29) is 18.9 Å². The molecular weight excluding hydrogens is 408 g/mol. The molecule has 32 heavy (non-hydrogen) atoms. The highest BCUT2D eigenvalue weighted by molar-refractivity contribution is 5.95. The Labute approximate surface area is 186 Å². The van der Waals surface area contributed by atoms with Crippen LogP contribution < -0.4 is 10.6 Å². The summed E-state index contributed by atoms with van der Waals surface area (Å²) >= 11 is 0. The molecule has 0 atom stereocenters. The first-order valence-corrected chi connectivity index (χ1v) is 10.7. The van der Waals surface area contributed by atoms with Crippen molar-refractivity contribution in [3.05, 3.63) is 64.4 Å². The third kappa shape index (κ3) is 4.82. The third-order valence-corrected chi connectivity index (χ3v) is 5.89. The minimum atomic E-state index is -0.538. The maximum atomic E-state index is 12.2. The number of aryl methyl sites for hydroxylation is 3. The number of anilines is 1. The average molecular weight is 434 g/mol. The van der Waals surface area contributed by atoms with Crippen molar-refractivity contribution >= 4 is 34.4 Å². The van der Waals surface area contributed by atoms with Crippen LogP contribution in [0.25, 0.3) is 11.0 Å². The van der Waals surface area contributed by atoms with Crippen LogP contribution in [0.5, 0.6) is 0 Å². The van der Waals surface area contributed by atoms with Crippen molar-refractivity contribution in [1.82, 2.24) is 5.32 Å². The molecule has 2 aromatic carbocycles. The number of furan rings is 1. The molecule has 7 heteroatoms. The van der Waals surface area contributed by atoms with E-state index in [1.54, 1.807) is 12.3 Å². The quantitative estimate of drug-likeness (QED) is 0.556. The Balaban J connectivity index is 1.24. The van der Waals surface area contributed by atoms with Crippen molar-refractivity contribution in [2.75, 3.05) is 18.5 Å². The second kappa shape index (κ2) is 9.26. The lowest BCUT2D eigenvalue weighted by Gasteiger charge is -2.11. The molecule has 0 fully saturated rings. The molecular formula is C25H26N2O5. The zero-order chi connectivity index (χ0) is 22.7. The summed E-state index contributed by atoms with van der Waals surface area (Å²) in [6.07, 6.45) is 4.82. The maximum Gasteiger partial charge on any atom is 0.310 e. The summed E-state index contributed by atoms with van der Waals surface area (Å²) in [5.74, 6) is -1.41. The van der Waals surface area contributed by atoms with Gasteiger partial charge in [0.1, 0.15) is 5.58 Å². The van der Waals surface area contributed by atoms with E-state index in [4.69, 9.17) is 9.15 Å². The number of esters is 1. The van der Waals surface area contributed by atoms with Gasteiger partial charge in [0.15, 0.2) is 6.61 Å². The molecule has 166 valence electrons. The Hall–Kier alpha value is -3.61. The van der Waals surface area contributed by atoms with Gasteiger partial charge in [-0.25, -0.2) is 0 Å². The Morgan fingerprint density at radius 3 is 2.66 bits per heavy atom. The van der Waals surface area contributed by atoms with E-state index in [9.17, 15) is 14.4 Å². The van der Waals surface area contributed by atoms with Crippen LogP contribution in [0.15, 0.2) is 41.0 Å². The van der Waals surface area contributed by atoms with E-state index in [2.05, 4.69) is 16.7 Å². The molecule has 7 nitrogen and oxygen atoms in total. The van der Waals surface area contributed by atoms with Gasteiger partial charge < -0.3 is 19.8 Å². The van der Waals surface area contributed by atoms with Gasteiger partial charge in [0.25, 0.3) is 5.91 Å². The lowest BCUT2D eigenvalue weighted by atomic mass is 10.0. The van der Waals surface area contributed by atoms with Crippen molar-refractivity contribution in [3.8, 4) is 0 Å². The van der Waals surface area contributed by atoms with Gasteiger partial charge in [-0.2, -0.15) is 0 Å². The zero-order valence-electron chi connectivity index (χ0n) is 18.2. The molecule has 1 aliphatic carbocycles. The number of amides is 2. The molecule has 2 N–H and O–H groups in total. The number of ether oxygens (including phenoxy) is 1. The lowest BCUT2D eigenvalue weighted by Crippen LogP contribution is -2.35. The predicted molar refractivity (Wildman–Crippen MR) is 120 cm³/mol. The lowest BCUT2D eigenvalue weighted by molar-refractivity contribution is -0.147. The van der Waals surface area contributed by atoms with Crippen molar-refractivity contribution in [2.45, 2.75) is 39.5 Å². The van der Waals surface area contributed by atoms with E-state index in [0.29, 0.717) is 5.69 Å². The molecule has 2 amide bonds. The smallest absolute Gasteiger partial charge is 0.310 e. The maximum absolute atomic E-state index is 12.2. The zero-order valence-corrected chi connectivity index (χ0v) is 18.2. The molecule has 0 radical (unpaired) electrons. The molecule has 1 aromatic heterocycles. The van der Waals surface area contributed by atoms with Crippen LogP contribution in [-0.2, 0) is 38.4 Å². The fourth-order valence-electron chi connectivity index (χ4n) is 3.95. The monoisotopic (exact) mass is 434 g/mol. The number of carbonyl (C=O) groups excluding carboxylic acids is 3. The number of carbonyl (C=O) groups is 3. The van der Waals surface area contributed by atoms with Crippen LogP contribution in [0.3, 0.4) is 0 Å². The van der Waals surface area contributed by atoms with Gasteiger partial charge in [-0.1, -0.05) is 12.1 Å². The van der Waals surface area contributed by atoms with E-state index < -0.39 is 18.5 Å². The summed E-state index contributed by atoms with van der Waals surface area (Å²) in [6.45, 7) is 3.22. The number of fused-ring (bicyclic) bond motifs is 2. The van der Waals surface area contributed by atoms with Crippen LogP contribution in [0.1, 0.15) is 34.2 Å². The molecule has 1 aliphatic rings. The molecule has 0 aliphatic heterocycles. The van der Waals surface area contributed by atoms with Gasteiger partial charge in [-0.15, -0.1) is 0 Å². The van der Waals surface area contributed by atoms with Crippen LogP contribution >= 0.6 is 0 Å². The van der Waals surface area contributed by atoms with Crippen molar-refractivity contribution in [1.29, 1.82) is 0 Å². The number of hydrogen-bond acceptors (Lipinski definition) is 5. The van der Waals surface area contributed by atoms with Gasteiger partial charge in [-0.3, -0.25) is 14.4 Å². The Morgan fingerprint density at radius 1 is 1.06 bits per heavy atom. The first-order chi connectivity index (χ1) is 15.4. The van der Waals surface area contributed by atoms with E-state index in [1.807, 2.05) is 32.0 Å². The first-order valence-electron chi connectivity index (χ1n) is 10.7. The summed E-state index contributed by atoms with van der Waals surface area (Å²) in [5, 5.41) is 6.14. The molecule has 1 heterocycles. The molecule has 0 unspecified atom stereocenters. The molecule has 0 spiro atoms. The number of benzene rings is 2. The Bertz CT molecular complexity index is 1190.